The summed E-state index contributed by atoms with van der Waals surface area (Å²) in [6.07, 6.45) is 39.3. The predicted molar refractivity (Wildman–Crippen MR) is 214 cm³/mol. The second-order valence-corrected chi connectivity index (χ2v) is 15.1. The van der Waals surface area contributed by atoms with Crippen molar-refractivity contribution in [2.75, 3.05) is 26.4 Å². The van der Waals surface area contributed by atoms with Gasteiger partial charge in [0.1, 0.15) is 12.7 Å². The first kappa shape index (κ1) is 50.9. The van der Waals surface area contributed by atoms with Crippen molar-refractivity contribution in [2.24, 2.45) is 0 Å². The molecule has 0 saturated heterocycles. The SMILES string of the molecule is CCC=CCC=CCC=CCCCCCCCC(=O)OCC(COP(=O)(O)OCC(O)CO)OC(=O)CCCCCCCCCC=CCCCCCC. The minimum absolute atomic E-state index is 0.174. The third-order valence-electron chi connectivity index (χ3n) is 8.47. The fourth-order valence-electron chi connectivity index (χ4n) is 5.30. The van der Waals surface area contributed by atoms with Crippen molar-refractivity contribution in [1.82, 2.24) is 0 Å². The van der Waals surface area contributed by atoms with Gasteiger partial charge >= 0.3 is 19.8 Å². The number of aliphatic hydroxyl groups excluding tert-OH is 2. The number of ether oxygens (including phenoxy) is 2. The van der Waals surface area contributed by atoms with E-state index in [2.05, 4.69) is 67.0 Å². The summed E-state index contributed by atoms with van der Waals surface area (Å²) in [5.74, 6) is -0.952. The molecule has 11 heteroatoms. The van der Waals surface area contributed by atoms with Crippen molar-refractivity contribution in [3.8, 4) is 0 Å². The van der Waals surface area contributed by atoms with E-state index in [9.17, 15) is 24.2 Å². The Morgan fingerprint density at radius 2 is 1.04 bits per heavy atom. The fourth-order valence-corrected chi connectivity index (χ4v) is 6.08. The molecule has 0 aliphatic heterocycles. The number of esters is 2. The van der Waals surface area contributed by atoms with E-state index in [4.69, 9.17) is 19.1 Å². The summed E-state index contributed by atoms with van der Waals surface area (Å²) >= 11 is 0. The van der Waals surface area contributed by atoms with Crippen LogP contribution in [-0.4, -0.2) is 65.7 Å². The van der Waals surface area contributed by atoms with Gasteiger partial charge in [0.05, 0.1) is 19.8 Å². The standard InChI is InChI=1S/C42H75O10P/c1-3-5-7-9-11-13-15-17-19-21-23-25-27-29-31-33-41(45)49-37-40(38-51-53(47,48)50-36-39(44)35-43)52-42(46)34-32-30-28-26-24-22-20-18-16-14-12-10-8-6-4-2/h5,7,11,13-14,16-17,19,39-40,43-44H,3-4,6,8-10,12,15,18,20-38H2,1-2H3,(H,47,48). The number of hydrogen-bond acceptors (Lipinski definition) is 9. The minimum atomic E-state index is -4.62. The molecule has 0 rings (SSSR count). The molecular formula is C42H75O10P. The van der Waals surface area contributed by atoms with Gasteiger partial charge in [0.25, 0.3) is 0 Å². The fraction of sp³-hybridized carbons (Fsp3) is 0.762. The third-order valence-corrected chi connectivity index (χ3v) is 9.42. The van der Waals surface area contributed by atoms with Crippen LogP contribution >= 0.6 is 7.82 Å². The Hall–Kier alpha value is -2.07. The van der Waals surface area contributed by atoms with Crippen molar-refractivity contribution in [1.29, 1.82) is 0 Å². The average molecular weight is 771 g/mol. The molecule has 308 valence electrons. The van der Waals surface area contributed by atoms with Crippen LogP contribution in [0.1, 0.15) is 168 Å². The molecule has 0 radical (unpaired) electrons. The Morgan fingerprint density at radius 3 is 1.58 bits per heavy atom. The zero-order valence-corrected chi connectivity index (χ0v) is 34.1. The van der Waals surface area contributed by atoms with Crippen LogP contribution < -0.4 is 0 Å². The number of hydrogen-bond donors (Lipinski definition) is 3. The maximum absolute atomic E-state index is 12.6. The van der Waals surface area contributed by atoms with E-state index in [0.29, 0.717) is 12.8 Å². The number of phosphoric acid groups is 1. The zero-order chi connectivity index (χ0) is 39.1. The molecule has 10 nitrogen and oxygen atoms in total. The van der Waals surface area contributed by atoms with E-state index in [1.165, 1.54) is 51.4 Å². The highest BCUT2D eigenvalue weighted by atomic mass is 31.2. The van der Waals surface area contributed by atoms with Gasteiger partial charge in [0.2, 0.25) is 0 Å². The van der Waals surface area contributed by atoms with E-state index in [0.717, 1.165) is 77.0 Å². The lowest BCUT2D eigenvalue weighted by atomic mass is 10.1. The number of carbonyl (C=O) groups excluding carboxylic acids is 2. The van der Waals surface area contributed by atoms with E-state index in [1.54, 1.807) is 0 Å². The number of carbonyl (C=O) groups is 2. The molecule has 0 fully saturated rings. The highest BCUT2D eigenvalue weighted by Gasteiger charge is 2.27. The summed E-state index contributed by atoms with van der Waals surface area (Å²) in [6, 6.07) is 0. The van der Waals surface area contributed by atoms with Crippen molar-refractivity contribution < 1.29 is 47.8 Å². The number of unbranched alkanes of at least 4 members (excludes halogenated alkanes) is 16. The summed E-state index contributed by atoms with van der Waals surface area (Å²) in [7, 11) is -4.62. The van der Waals surface area contributed by atoms with Crippen LogP contribution in [0.3, 0.4) is 0 Å². The molecule has 0 spiro atoms. The molecule has 53 heavy (non-hydrogen) atoms. The van der Waals surface area contributed by atoms with Gasteiger partial charge in [0, 0.05) is 12.8 Å². The van der Waals surface area contributed by atoms with Gasteiger partial charge in [-0.05, 0) is 70.6 Å². The van der Waals surface area contributed by atoms with Crippen molar-refractivity contribution >= 4 is 19.8 Å². The van der Waals surface area contributed by atoms with Crippen LogP contribution in [-0.2, 0) is 32.7 Å². The normalized spacial score (nSPS) is 14.4. The monoisotopic (exact) mass is 771 g/mol. The Morgan fingerprint density at radius 1 is 0.585 bits per heavy atom. The van der Waals surface area contributed by atoms with Crippen LogP contribution in [0.25, 0.3) is 0 Å². The Balaban J connectivity index is 4.36. The lowest BCUT2D eigenvalue weighted by molar-refractivity contribution is -0.161. The Bertz CT molecular complexity index is 1030. The maximum atomic E-state index is 12.6. The molecule has 0 aromatic carbocycles. The molecule has 0 bridgehead atoms. The number of phosphoric ester groups is 1. The third kappa shape index (κ3) is 38.0. The maximum Gasteiger partial charge on any atom is 0.472 e. The Kier molecular flexibility index (Phi) is 36.7. The molecule has 3 atom stereocenters. The number of aliphatic hydroxyl groups is 2. The molecule has 0 heterocycles. The first-order valence-electron chi connectivity index (χ1n) is 20.6. The van der Waals surface area contributed by atoms with Gasteiger partial charge < -0.3 is 24.6 Å². The smallest absolute Gasteiger partial charge is 0.462 e. The van der Waals surface area contributed by atoms with Crippen LogP contribution in [0.4, 0.5) is 0 Å². The van der Waals surface area contributed by atoms with Crippen LogP contribution in [0.2, 0.25) is 0 Å². The zero-order valence-electron chi connectivity index (χ0n) is 33.2. The lowest BCUT2D eigenvalue weighted by Gasteiger charge is -2.20. The molecule has 0 aliphatic carbocycles. The van der Waals surface area contributed by atoms with E-state index >= 15 is 0 Å². The van der Waals surface area contributed by atoms with Gasteiger partial charge in [-0.3, -0.25) is 18.6 Å². The topological polar surface area (TPSA) is 149 Å². The molecule has 0 aliphatic rings. The molecule has 3 unspecified atom stereocenters. The quantitative estimate of drug-likeness (QED) is 0.0240. The van der Waals surface area contributed by atoms with Gasteiger partial charge in [-0.15, -0.1) is 0 Å². The minimum Gasteiger partial charge on any atom is -0.462 e. The summed E-state index contributed by atoms with van der Waals surface area (Å²) in [5, 5.41) is 18.3. The van der Waals surface area contributed by atoms with Gasteiger partial charge in [-0.25, -0.2) is 4.57 Å². The van der Waals surface area contributed by atoms with Gasteiger partial charge in [-0.2, -0.15) is 0 Å². The van der Waals surface area contributed by atoms with Crippen LogP contribution in [0.15, 0.2) is 48.6 Å². The molecule has 3 N–H and O–H groups in total. The summed E-state index contributed by atoms with van der Waals surface area (Å²) in [5.41, 5.74) is 0. The second kappa shape index (κ2) is 38.2. The van der Waals surface area contributed by atoms with Gasteiger partial charge in [0.15, 0.2) is 6.10 Å². The summed E-state index contributed by atoms with van der Waals surface area (Å²) < 4.78 is 32.6. The van der Waals surface area contributed by atoms with Crippen molar-refractivity contribution in [2.45, 2.75) is 180 Å². The van der Waals surface area contributed by atoms with Gasteiger partial charge in [-0.1, -0.05) is 133 Å². The van der Waals surface area contributed by atoms with Crippen LogP contribution in [0.5, 0.6) is 0 Å². The molecule has 0 amide bonds. The van der Waals surface area contributed by atoms with E-state index in [-0.39, 0.29) is 19.4 Å². The number of rotatable bonds is 38. The summed E-state index contributed by atoms with van der Waals surface area (Å²) in [4.78, 5) is 34.9. The lowest BCUT2D eigenvalue weighted by Crippen LogP contribution is -2.29. The van der Waals surface area contributed by atoms with E-state index in [1.807, 2.05) is 0 Å². The molecule has 0 aromatic heterocycles. The van der Waals surface area contributed by atoms with Crippen molar-refractivity contribution in [3.05, 3.63) is 48.6 Å². The number of allylic oxidation sites excluding steroid dienone is 8. The van der Waals surface area contributed by atoms with E-state index < -0.39 is 51.8 Å². The van der Waals surface area contributed by atoms with Crippen molar-refractivity contribution in [3.63, 3.8) is 0 Å². The second-order valence-electron chi connectivity index (χ2n) is 13.6. The first-order chi connectivity index (χ1) is 25.7. The summed E-state index contributed by atoms with van der Waals surface area (Å²) in [6.45, 7) is 2.22. The molecule has 0 aromatic rings. The molecule has 0 saturated carbocycles. The highest BCUT2D eigenvalue weighted by Crippen LogP contribution is 2.43. The average Bonchev–Trinajstić information content (AvgIpc) is 3.14. The predicted octanol–water partition coefficient (Wildman–Crippen LogP) is 10.6. The highest BCUT2D eigenvalue weighted by molar-refractivity contribution is 7.47. The first-order valence-corrected chi connectivity index (χ1v) is 22.1. The molecular weight excluding hydrogens is 695 g/mol. The van der Waals surface area contributed by atoms with Crippen LogP contribution in [0, 0.1) is 0 Å². The largest absolute Gasteiger partial charge is 0.472 e. The Labute approximate surface area is 322 Å².